The zero-order valence-electron chi connectivity index (χ0n) is 17.0. The third-order valence-electron chi connectivity index (χ3n) is 5.55. The summed E-state index contributed by atoms with van der Waals surface area (Å²) in [6, 6.07) is 20.7. The van der Waals surface area contributed by atoms with Crippen LogP contribution in [0.5, 0.6) is 0 Å². The molecule has 0 aliphatic carbocycles. The summed E-state index contributed by atoms with van der Waals surface area (Å²) in [4.78, 5) is 28.8. The van der Waals surface area contributed by atoms with Crippen molar-refractivity contribution in [1.82, 2.24) is 4.90 Å². The first-order valence-corrected chi connectivity index (χ1v) is 10.2. The van der Waals surface area contributed by atoms with Crippen molar-refractivity contribution >= 4 is 17.5 Å². The number of quaternary nitrogens is 1. The molecule has 1 aliphatic rings. The van der Waals surface area contributed by atoms with Crippen LogP contribution in [-0.2, 0) is 4.79 Å². The van der Waals surface area contributed by atoms with Gasteiger partial charge in [-0.2, -0.15) is 0 Å². The molecule has 1 fully saturated rings. The fourth-order valence-corrected chi connectivity index (χ4v) is 3.91. The molecule has 2 N–H and O–H groups in total. The highest BCUT2D eigenvalue weighted by Crippen LogP contribution is 2.15. The van der Waals surface area contributed by atoms with Gasteiger partial charge in [0.2, 0.25) is 0 Å². The predicted molar refractivity (Wildman–Crippen MR) is 114 cm³/mol. The number of anilines is 1. The van der Waals surface area contributed by atoms with Crippen LogP contribution >= 0.6 is 0 Å². The van der Waals surface area contributed by atoms with Crippen molar-refractivity contribution in [3.63, 3.8) is 0 Å². The Hall–Kier alpha value is -3.38. The highest BCUT2D eigenvalue weighted by Gasteiger charge is 2.35. The van der Waals surface area contributed by atoms with Crippen LogP contribution in [0.3, 0.4) is 0 Å². The summed E-state index contributed by atoms with van der Waals surface area (Å²) in [7, 11) is 0. The molecule has 6 nitrogen and oxygen atoms in total. The van der Waals surface area contributed by atoms with Gasteiger partial charge < -0.3 is 19.5 Å². The molecule has 3 aromatic rings. The van der Waals surface area contributed by atoms with Crippen LogP contribution in [0.2, 0.25) is 0 Å². The monoisotopic (exact) mass is 404 g/mol. The smallest absolute Gasteiger partial charge is 0.289 e. The number of benzene rings is 2. The SMILES string of the molecule is Cc1ccc(NC(=O)[C@@H](c2ccccc2)[NH+]2CCN(C(=O)c3ccco3)CC2)cc1. The van der Waals surface area contributed by atoms with E-state index in [0.717, 1.165) is 21.7 Å². The van der Waals surface area contributed by atoms with E-state index < -0.39 is 0 Å². The second-order valence-electron chi connectivity index (χ2n) is 7.63. The van der Waals surface area contributed by atoms with Gasteiger partial charge in [0.25, 0.3) is 11.8 Å². The second-order valence-corrected chi connectivity index (χ2v) is 7.63. The molecule has 2 amide bonds. The molecule has 2 heterocycles. The molecule has 1 saturated heterocycles. The quantitative estimate of drug-likeness (QED) is 0.686. The maximum absolute atomic E-state index is 13.3. The zero-order valence-corrected chi connectivity index (χ0v) is 17.0. The molecule has 2 aromatic carbocycles. The van der Waals surface area contributed by atoms with E-state index in [1.54, 1.807) is 17.0 Å². The van der Waals surface area contributed by atoms with E-state index in [1.165, 1.54) is 6.26 Å². The Morgan fingerprint density at radius 1 is 0.967 bits per heavy atom. The highest BCUT2D eigenvalue weighted by molar-refractivity contribution is 5.94. The molecule has 0 bridgehead atoms. The number of aryl methyl sites for hydroxylation is 1. The lowest BCUT2D eigenvalue weighted by Crippen LogP contribution is -3.16. The summed E-state index contributed by atoms with van der Waals surface area (Å²) in [5.74, 6) is 0.223. The van der Waals surface area contributed by atoms with Crippen LogP contribution in [0, 0.1) is 6.92 Å². The number of hydrogen-bond donors (Lipinski definition) is 2. The Bertz CT molecular complexity index is 976. The number of nitrogens with one attached hydrogen (secondary N) is 2. The summed E-state index contributed by atoms with van der Waals surface area (Å²) in [5.41, 5.74) is 2.91. The normalized spacial score (nSPS) is 15.6. The van der Waals surface area contributed by atoms with Gasteiger partial charge in [-0.1, -0.05) is 48.0 Å². The van der Waals surface area contributed by atoms with Crippen molar-refractivity contribution in [2.75, 3.05) is 31.5 Å². The fourth-order valence-electron chi connectivity index (χ4n) is 3.91. The van der Waals surface area contributed by atoms with Gasteiger partial charge in [0.05, 0.1) is 32.4 Å². The number of piperazine rings is 1. The van der Waals surface area contributed by atoms with Crippen molar-refractivity contribution in [3.8, 4) is 0 Å². The molecule has 154 valence electrons. The van der Waals surface area contributed by atoms with Crippen LogP contribution in [0.15, 0.2) is 77.4 Å². The van der Waals surface area contributed by atoms with Gasteiger partial charge in [-0.25, -0.2) is 0 Å². The number of furan rings is 1. The summed E-state index contributed by atoms with van der Waals surface area (Å²) >= 11 is 0. The number of carbonyl (C=O) groups excluding carboxylic acids is 2. The molecule has 30 heavy (non-hydrogen) atoms. The Morgan fingerprint density at radius 2 is 1.67 bits per heavy atom. The van der Waals surface area contributed by atoms with Crippen LogP contribution in [-0.4, -0.2) is 42.9 Å². The summed E-state index contributed by atoms with van der Waals surface area (Å²) in [6.07, 6.45) is 1.51. The van der Waals surface area contributed by atoms with E-state index >= 15 is 0 Å². The molecule has 1 aliphatic heterocycles. The predicted octanol–water partition coefficient (Wildman–Crippen LogP) is 2.31. The largest absolute Gasteiger partial charge is 0.459 e. The first kappa shape index (κ1) is 19.9. The molecular weight excluding hydrogens is 378 g/mol. The van der Waals surface area contributed by atoms with Crippen LogP contribution in [0.25, 0.3) is 0 Å². The van der Waals surface area contributed by atoms with Gasteiger partial charge in [-0.05, 0) is 31.2 Å². The number of hydrogen-bond acceptors (Lipinski definition) is 3. The first-order valence-electron chi connectivity index (χ1n) is 10.2. The van der Waals surface area contributed by atoms with E-state index in [2.05, 4.69) is 5.32 Å². The maximum atomic E-state index is 13.3. The molecule has 6 heteroatoms. The Morgan fingerprint density at radius 3 is 2.30 bits per heavy atom. The molecule has 0 unspecified atom stereocenters. The topological polar surface area (TPSA) is 67.0 Å². The van der Waals surface area contributed by atoms with E-state index in [1.807, 2.05) is 61.5 Å². The second kappa shape index (κ2) is 8.97. The van der Waals surface area contributed by atoms with Crippen LogP contribution < -0.4 is 10.2 Å². The van der Waals surface area contributed by atoms with Crippen molar-refractivity contribution in [3.05, 3.63) is 89.9 Å². The van der Waals surface area contributed by atoms with Crippen molar-refractivity contribution in [1.29, 1.82) is 0 Å². The van der Waals surface area contributed by atoms with Crippen molar-refractivity contribution in [2.45, 2.75) is 13.0 Å². The molecule has 1 aromatic heterocycles. The number of carbonyl (C=O) groups is 2. The van der Waals surface area contributed by atoms with E-state index in [0.29, 0.717) is 31.9 Å². The fraction of sp³-hybridized carbons (Fsp3) is 0.250. The van der Waals surface area contributed by atoms with Gasteiger partial charge in [0, 0.05) is 11.3 Å². The van der Waals surface area contributed by atoms with Gasteiger partial charge in [0.1, 0.15) is 0 Å². The summed E-state index contributed by atoms with van der Waals surface area (Å²) < 4.78 is 5.24. The van der Waals surface area contributed by atoms with E-state index in [4.69, 9.17) is 4.42 Å². The number of amides is 2. The minimum atomic E-state index is -0.339. The van der Waals surface area contributed by atoms with Crippen LogP contribution in [0.4, 0.5) is 5.69 Å². The first-order chi connectivity index (χ1) is 14.6. The van der Waals surface area contributed by atoms with Gasteiger partial charge in [-0.3, -0.25) is 9.59 Å². The summed E-state index contributed by atoms with van der Waals surface area (Å²) in [6.45, 7) is 4.55. The van der Waals surface area contributed by atoms with Gasteiger partial charge >= 0.3 is 0 Å². The Labute approximate surface area is 176 Å². The zero-order chi connectivity index (χ0) is 20.9. The average molecular weight is 404 g/mol. The standard InChI is InChI=1S/C24H25N3O3/c1-18-9-11-20(12-10-18)25-23(28)22(19-6-3-2-4-7-19)26-13-15-27(16-14-26)24(29)21-8-5-17-30-21/h2-12,17,22H,13-16H2,1H3,(H,25,28)/p+1/t22-/m1/s1. The Balaban J connectivity index is 1.49. The average Bonchev–Trinajstić information content (AvgIpc) is 3.31. The third kappa shape index (κ3) is 4.44. The minimum Gasteiger partial charge on any atom is -0.459 e. The lowest BCUT2D eigenvalue weighted by Gasteiger charge is -2.35. The van der Waals surface area contributed by atoms with E-state index in [9.17, 15) is 9.59 Å². The Kier molecular flexibility index (Phi) is 5.95. The third-order valence-corrected chi connectivity index (χ3v) is 5.55. The van der Waals surface area contributed by atoms with Crippen LogP contribution in [0.1, 0.15) is 27.7 Å². The van der Waals surface area contributed by atoms with Crippen molar-refractivity contribution in [2.24, 2.45) is 0 Å². The molecule has 0 radical (unpaired) electrons. The van der Waals surface area contributed by atoms with Gasteiger partial charge in [-0.15, -0.1) is 0 Å². The molecular formula is C24H26N3O3+. The number of rotatable bonds is 5. The highest BCUT2D eigenvalue weighted by atomic mass is 16.3. The molecule has 0 saturated carbocycles. The maximum Gasteiger partial charge on any atom is 0.289 e. The van der Waals surface area contributed by atoms with Crippen molar-refractivity contribution < 1.29 is 18.9 Å². The minimum absolute atomic E-state index is 0.0362. The molecule has 4 rings (SSSR count). The lowest BCUT2D eigenvalue weighted by atomic mass is 10.0. The number of nitrogens with zero attached hydrogens (tertiary/aromatic N) is 1. The lowest BCUT2D eigenvalue weighted by molar-refractivity contribution is -0.925. The molecule has 1 atom stereocenters. The summed E-state index contributed by atoms with van der Waals surface area (Å²) in [5, 5.41) is 3.07. The molecule has 0 spiro atoms. The van der Waals surface area contributed by atoms with Gasteiger partial charge in [0.15, 0.2) is 11.8 Å². The van der Waals surface area contributed by atoms with E-state index in [-0.39, 0.29) is 17.9 Å².